The maximum Gasteiger partial charge on any atom is 0.573 e. The number of carbonyl (C=O) groups excluding carboxylic acids is 2. The summed E-state index contributed by atoms with van der Waals surface area (Å²) in [7, 11) is 0. The van der Waals surface area contributed by atoms with Crippen molar-refractivity contribution < 1.29 is 41.7 Å². The molecule has 1 aromatic carbocycles. The average molecular weight is 419 g/mol. The molecular weight excluding hydrogens is 395 g/mol. The Morgan fingerprint density at radius 1 is 1.10 bits per heavy atom. The van der Waals surface area contributed by atoms with E-state index in [1.165, 1.54) is 31.2 Å². The fraction of sp³-hybridized carbons (Fsp3) is 0.579. The third kappa shape index (κ3) is 7.80. The molecule has 0 amide bonds. The highest BCUT2D eigenvalue weighted by Gasteiger charge is 2.41. The Bertz CT molecular complexity index is 714. The van der Waals surface area contributed by atoms with Crippen molar-refractivity contribution in [1.29, 1.82) is 0 Å². The summed E-state index contributed by atoms with van der Waals surface area (Å²) in [6.07, 6.45) is -6.84. The lowest BCUT2D eigenvalue weighted by Crippen LogP contribution is -2.40. The smallest absolute Gasteiger partial charge is 0.457 e. The summed E-state index contributed by atoms with van der Waals surface area (Å²) in [5.74, 6) is -0.876. The molecule has 7 nitrogen and oxygen atoms in total. The first kappa shape index (κ1) is 22.8. The van der Waals surface area contributed by atoms with Gasteiger partial charge in [-0.25, -0.2) is 4.79 Å². The van der Waals surface area contributed by atoms with Gasteiger partial charge in [-0.15, -0.1) is 13.2 Å². The Hall–Kier alpha value is -2.49. The summed E-state index contributed by atoms with van der Waals surface area (Å²) >= 11 is 0. The largest absolute Gasteiger partial charge is 0.573 e. The Labute approximate surface area is 166 Å². The van der Waals surface area contributed by atoms with Crippen molar-refractivity contribution in [2.45, 2.75) is 64.3 Å². The van der Waals surface area contributed by atoms with Gasteiger partial charge >= 0.3 is 18.5 Å². The molecule has 0 unspecified atom stereocenters. The monoisotopic (exact) mass is 419 g/mol. The molecule has 162 valence electrons. The van der Waals surface area contributed by atoms with Crippen LogP contribution in [0.3, 0.4) is 0 Å². The normalized spacial score (nSPS) is 22.1. The number of esters is 1. The van der Waals surface area contributed by atoms with Crippen LogP contribution in [0.15, 0.2) is 24.3 Å². The molecule has 0 bridgehead atoms. The number of carbonyl (C=O) groups is 2. The van der Waals surface area contributed by atoms with E-state index in [0.717, 1.165) is 0 Å². The highest BCUT2D eigenvalue weighted by molar-refractivity contribution is 5.66. The van der Waals surface area contributed by atoms with E-state index in [4.69, 9.17) is 14.2 Å². The molecule has 1 aliphatic heterocycles. The summed E-state index contributed by atoms with van der Waals surface area (Å²) in [5, 5.41) is 3.11. The van der Waals surface area contributed by atoms with E-state index in [1.54, 1.807) is 20.8 Å². The molecule has 3 atom stereocenters. The summed E-state index contributed by atoms with van der Waals surface area (Å²) in [4.78, 5) is 23.4. The van der Waals surface area contributed by atoms with Crippen LogP contribution in [0, 0.1) is 0 Å². The Morgan fingerprint density at radius 2 is 1.72 bits per heavy atom. The van der Waals surface area contributed by atoms with Crippen molar-refractivity contribution in [2.24, 2.45) is 0 Å². The van der Waals surface area contributed by atoms with E-state index in [-0.39, 0.29) is 12.3 Å². The first-order valence-corrected chi connectivity index (χ1v) is 8.97. The van der Waals surface area contributed by atoms with Crippen LogP contribution in [0.4, 0.5) is 18.0 Å². The standard InChI is InChI=1S/C19H24F3NO6/c1-11(24)26-16-14(23-10-15(16)27-17(25)29-18(2,3)4)9-12-5-7-13(8-6-12)28-19(20,21)22/h5-8,14-16,23H,9-10H2,1-4H3/t14-,15+,16+/m1/s1. The van der Waals surface area contributed by atoms with Crippen LogP contribution in [-0.4, -0.2) is 48.9 Å². The molecule has 1 N–H and O–H groups in total. The number of halogens is 3. The zero-order valence-corrected chi connectivity index (χ0v) is 16.5. The minimum atomic E-state index is -4.76. The van der Waals surface area contributed by atoms with Crippen molar-refractivity contribution in [3.8, 4) is 5.75 Å². The van der Waals surface area contributed by atoms with Crippen LogP contribution in [0.5, 0.6) is 5.75 Å². The molecule has 10 heteroatoms. The van der Waals surface area contributed by atoms with Crippen molar-refractivity contribution in [3.05, 3.63) is 29.8 Å². The third-order valence-corrected chi connectivity index (χ3v) is 3.90. The van der Waals surface area contributed by atoms with Gasteiger partial charge < -0.3 is 24.3 Å². The number of ether oxygens (including phenoxy) is 4. The Balaban J connectivity index is 2.03. The number of rotatable bonds is 5. The van der Waals surface area contributed by atoms with Gasteiger partial charge in [-0.2, -0.15) is 0 Å². The molecule has 29 heavy (non-hydrogen) atoms. The number of hydrogen-bond acceptors (Lipinski definition) is 7. The summed E-state index contributed by atoms with van der Waals surface area (Å²) in [5.41, 5.74) is -0.0493. The van der Waals surface area contributed by atoms with Gasteiger partial charge in [-0.3, -0.25) is 4.79 Å². The zero-order chi connectivity index (χ0) is 21.8. The fourth-order valence-electron chi connectivity index (χ4n) is 2.88. The fourth-order valence-corrected chi connectivity index (χ4v) is 2.88. The molecule has 2 rings (SSSR count). The lowest BCUT2D eigenvalue weighted by molar-refractivity contribution is -0.274. The molecule has 1 heterocycles. The maximum atomic E-state index is 12.3. The van der Waals surface area contributed by atoms with E-state index < -0.39 is 42.3 Å². The van der Waals surface area contributed by atoms with Gasteiger partial charge in [0.05, 0.1) is 6.04 Å². The van der Waals surface area contributed by atoms with Crippen molar-refractivity contribution in [1.82, 2.24) is 5.32 Å². The lowest BCUT2D eigenvalue weighted by Gasteiger charge is -2.25. The SMILES string of the molecule is CC(=O)O[C@@H]1[C@@H](OC(=O)OC(C)(C)C)CN[C@@H]1Cc1ccc(OC(F)(F)F)cc1. The van der Waals surface area contributed by atoms with Crippen molar-refractivity contribution in [3.63, 3.8) is 0 Å². The van der Waals surface area contributed by atoms with Gasteiger partial charge in [0.15, 0.2) is 12.2 Å². The first-order valence-electron chi connectivity index (χ1n) is 8.97. The highest BCUT2D eigenvalue weighted by atomic mass is 19.4. The Kier molecular flexibility index (Phi) is 6.99. The molecule has 1 aliphatic rings. The van der Waals surface area contributed by atoms with Gasteiger partial charge in [-0.05, 0) is 44.9 Å². The van der Waals surface area contributed by atoms with Crippen LogP contribution >= 0.6 is 0 Å². The van der Waals surface area contributed by atoms with Crippen LogP contribution < -0.4 is 10.1 Å². The van der Waals surface area contributed by atoms with E-state index in [9.17, 15) is 22.8 Å². The first-order chi connectivity index (χ1) is 13.3. The third-order valence-electron chi connectivity index (χ3n) is 3.90. The van der Waals surface area contributed by atoms with Gasteiger partial charge in [0.1, 0.15) is 11.4 Å². The number of benzene rings is 1. The van der Waals surface area contributed by atoms with Gasteiger partial charge in [0.2, 0.25) is 0 Å². The predicted octanol–water partition coefficient (Wildman–Crippen LogP) is 3.35. The Morgan fingerprint density at radius 3 is 2.24 bits per heavy atom. The quantitative estimate of drug-likeness (QED) is 0.733. The van der Waals surface area contributed by atoms with Gasteiger partial charge in [-0.1, -0.05) is 12.1 Å². The van der Waals surface area contributed by atoms with Crippen LogP contribution in [0.25, 0.3) is 0 Å². The number of hydrogen-bond donors (Lipinski definition) is 1. The average Bonchev–Trinajstić information content (AvgIpc) is 2.87. The molecule has 0 spiro atoms. The van der Waals surface area contributed by atoms with Crippen molar-refractivity contribution in [2.75, 3.05) is 6.54 Å². The van der Waals surface area contributed by atoms with E-state index in [0.29, 0.717) is 12.0 Å². The molecular formula is C19H24F3NO6. The van der Waals surface area contributed by atoms with Crippen LogP contribution in [0.2, 0.25) is 0 Å². The maximum absolute atomic E-state index is 12.3. The minimum absolute atomic E-state index is 0.233. The summed E-state index contributed by atoms with van der Waals surface area (Å²) < 4.78 is 56.4. The molecule has 0 saturated carbocycles. The van der Waals surface area contributed by atoms with E-state index in [2.05, 4.69) is 10.1 Å². The lowest BCUT2D eigenvalue weighted by atomic mass is 10.0. The van der Waals surface area contributed by atoms with Gasteiger partial charge in [0.25, 0.3) is 0 Å². The molecule has 1 aromatic rings. The minimum Gasteiger partial charge on any atom is -0.457 e. The summed E-state index contributed by atoms with van der Waals surface area (Å²) in [6.45, 7) is 6.55. The highest BCUT2D eigenvalue weighted by Crippen LogP contribution is 2.25. The second-order valence-electron chi connectivity index (χ2n) is 7.61. The van der Waals surface area contributed by atoms with Crippen LogP contribution in [-0.2, 0) is 25.4 Å². The van der Waals surface area contributed by atoms with E-state index >= 15 is 0 Å². The van der Waals surface area contributed by atoms with Gasteiger partial charge in [0, 0.05) is 13.5 Å². The second kappa shape index (κ2) is 8.89. The molecule has 0 aliphatic carbocycles. The predicted molar refractivity (Wildman–Crippen MR) is 95.3 cm³/mol. The number of nitrogens with one attached hydrogen (secondary N) is 1. The van der Waals surface area contributed by atoms with Crippen LogP contribution in [0.1, 0.15) is 33.3 Å². The van der Waals surface area contributed by atoms with Crippen molar-refractivity contribution >= 4 is 12.1 Å². The molecule has 0 radical (unpaired) electrons. The zero-order valence-electron chi connectivity index (χ0n) is 16.5. The number of alkyl halides is 3. The molecule has 0 aromatic heterocycles. The second-order valence-corrected chi connectivity index (χ2v) is 7.61. The summed E-state index contributed by atoms with van der Waals surface area (Å²) in [6, 6.07) is 4.96. The molecule has 1 fully saturated rings. The topological polar surface area (TPSA) is 83.1 Å². The van der Waals surface area contributed by atoms with E-state index in [1.807, 2.05) is 0 Å². The molecule has 1 saturated heterocycles.